The Morgan fingerprint density at radius 1 is 0.655 bits per heavy atom. The van der Waals surface area contributed by atoms with Crippen molar-refractivity contribution in [1.29, 1.82) is 0 Å². The van der Waals surface area contributed by atoms with Crippen molar-refractivity contribution >= 4 is 33.2 Å². The first-order chi connectivity index (χ1) is 14.3. The summed E-state index contributed by atoms with van der Waals surface area (Å²) < 4.78 is 2.38. The molecule has 5 aromatic rings. The number of aromatic nitrogens is 1. The van der Waals surface area contributed by atoms with E-state index in [1.165, 1.54) is 49.3 Å². The molecule has 29 heavy (non-hydrogen) atoms. The summed E-state index contributed by atoms with van der Waals surface area (Å²) in [6.07, 6.45) is 1.04. The molecule has 0 aliphatic heterocycles. The van der Waals surface area contributed by atoms with Crippen LogP contribution in [-0.4, -0.2) is 11.6 Å². The van der Waals surface area contributed by atoms with E-state index >= 15 is 0 Å². The molecule has 1 aromatic heterocycles. The van der Waals surface area contributed by atoms with E-state index in [1.807, 2.05) is 0 Å². The van der Waals surface area contributed by atoms with E-state index in [4.69, 9.17) is 0 Å². The zero-order valence-electron chi connectivity index (χ0n) is 16.9. The van der Waals surface area contributed by atoms with Crippen LogP contribution in [0.3, 0.4) is 0 Å². The number of aryl methyl sites for hydroxylation is 1. The highest BCUT2D eigenvalue weighted by molar-refractivity contribution is 6.10. The third kappa shape index (κ3) is 3.02. The van der Waals surface area contributed by atoms with Gasteiger partial charge in [-0.15, -0.1) is 0 Å². The van der Waals surface area contributed by atoms with Gasteiger partial charge in [0.05, 0.1) is 18.1 Å². The van der Waals surface area contributed by atoms with Gasteiger partial charge in [0, 0.05) is 28.6 Å². The van der Waals surface area contributed by atoms with Crippen LogP contribution in [0.5, 0.6) is 0 Å². The zero-order chi connectivity index (χ0) is 19.8. The second-order valence-electron chi connectivity index (χ2n) is 7.60. The molecule has 2 heteroatoms. The summed E-state index contributed by atoms with van der Waals surface area (Å²) in [4.78, 5) is 1.31. The van der Waals surface area contributed by atoms with E-state index < -0.39 is 0 Å². The Labute approximate surface area is 171 Å². The van der Waals surface area contributed by atoms with Crippen molar-refractivity contribution in [3.8, 4) is 5.69 Å². The molecule has 1 unspecified atom stereocenters. The number of rotatable bonds is 4. The van der Waals surface area contributed by atoms with E-state index in [-0.39, 0.29) is 0 Å². The van der Waals surface area contributed by atoms with Crippen molar-refractivity contribution in [2.24, 2.45) is 0 Å². The largest absolute Gasteiger partial charge is 0.309 e. The van der Waals surface area contributed by atoms with Crippen LogP contribution in [0.15, 0.2) is 97.1 Å². The lowest BCUT2D eigenvalue weighted by Gasteiger charge is -2.13. The maximum atomic E-state index is 2.38. The van der Waals surface area contributed by atoms with Crippen LogP contribution in [0, 0.1) is 0 Å². The fourth-order valence-electron chi connectivity index (χ4n) is 4.23. The van der Waals surface area contributed by atoms with Crippen LogP contribution < -0.4 is 4.90 Å². The topological polar surface area (TPSA) is 9.37 Å². The molecule has 1 N–H and O–H groups in total. The van der Waals surface area contributed by atoms with E-state index in [1.54, 1.807) is 0 Å². The lowest BCUT2D eigenvalue weighted by atomic mass is 10.1. The second kappa shape index (κ2) is 7.23. The molecule has 2 nitrogen and oxygen atoms in total. The fourth-order valence-corrected chi connectivity index (χ4v) is 4.23. The average Bonchev–Trinajstić information content (AvgIpc) is 3.12. The Morgan fingerprint density at radius 3 is 1.97 bits per heavy atom. The monoisotopic (exact) mass is 377 g/mol. The molecule has 0 aliphatic rings. The molecule has 1 heterocycles. The molecule has 0 saturated carbocycles. The molecule has 142 valence electrons. The quantitative estimate of drug-likeness (QED) is 0.404. The first kappa shape index (κ1) is 17.7. The second-order valence-corrected chi connectivity index (χ2v) is 7.60. The summed E-state index contributed by atoms with van der Waals surface area (Å²) in [5, 5.41) is 2.64. The summed E-state index contributed by atoms with van der Waals surface area (Å²) >= 11 is 0. The molecule has 0 saturated heterocycles. The van der Waals surface area contributed by atoms with Crippen molar-refractivity contribution in [3.63, 3.8) is 0 Å². The minimum atomic E-state index is 1.04. The Balaban J connectivity index is 1.78. The van der Waals surface area contributed by atoms with E-state index in [0.29, 0.717) is 0 Å². The van der Waals surface area contributed by atoms with Crippen molar-refractivity contribution in [3.05, 3.63) is 103 Å². The highest BCUT2D eigenvalue weighted by Crippen LogP contribution is 2.34. The highest BCUT2D eigenvalue weighted by Gasteiger charge is 2.16. The van der Waals surface area contributed by atoms with Gasteiger partial charge in [0.2, 0.25) is 0 Å². The molecule has 5 rings (SSSR count). The zero-order valence-corrected chi connectivity index (χ0v) is 16.9. The summed E-state index contributed by atoms with van der Waals surface area (Å²) in [6.45, 7) is 2.22. The number of hydrogen-bond donors (Lipinski definition) is 1. The summed E-state index contributed by atoms with van der Waals surface area (Å²) in [6, 6.07) is 35.1. The Morgan fingerprint density at radius 2 is 1.28 bits per heavy atom. The third-order valence-corrected chi connectivity index (χ3v) is 5.89. The third-order valence-electron chi connectivity index (χ3n) is 5.89. The molecule has 1 atom stereocenters. The van der Waals surface area contributed by atoms with E-state index in [9.17, 15) is 0 Å². The number of nitrogens with one attached hydrogen (secondary N) is 1. The van der Waals surface area contributed by atoms with Gasteiger partial charge in [0.1, 0.15) is 11.4 Å². The van der Waals surface area contributed by atoms with Gasteiger partial charge < -0.3 is 4.57 Å². The van der Waals surface area contributed by atoms with Crippen molar-refractivity contribution < 1.29 is 4.90 Å². The molecule has 0 amide bonds. The molecular formula is C27H25N2+. The van der Waals surface area contributed by atoms with Gasteiger partial charge in [-0.25, -0.2) is 0 Å². The molecule has 0 bridgehead atoms. The van der Waals surface area contributed by atoms with Gasteiger partial charge >= 0.3 is 0 Å². The molecule has 4 aromatic carbocycles. The minimum Gasteiger partial charge on any atom is -0.309 e. The van der Waals surface area contributed by atoms with Crippen LogP contribution in [0.2, 0.25) is 0 Å². The van der Waals surface area contributed by atoms with Gasteiger partial charge in [0.15, 0.2) is 0 Å². The number of hydrogen-bond acceptors (Lipinski definition) is 0. The maximum absolute atomic E-state index is 2.38. The number of nitrogens with zero attached hydrogens (tertiary/aromatic N) is 1. The minimum absolute atomic E-state index is 1.04. The van der Waals surface area contributed by atoms with Crippen molar-refractivity contribution in [1.82, 2.24) is 4.57 Å². The van der Waals surface area contributed by atoms with Crippen molar-refractivity contribution in [2.45, 2.75) is 13.3 Å². The molecule has 0 spiro atoms. The number of para-hydroxylation sites is 2. The standard InChI is InChI=1S/C27H24N2/c1-3-20-14-16-26-24(18-20)25-19-23(28(2)21-10-6-4-7-11-21)15-17-27(25)29(26)22-12-8-5-9-13-22/h4-19H,3H2,1-2H3/p+1. The highest BCUT2D eigenvalue weighted by atomic mass is 15.1. The van der Waals surface area contributed by atoms with Gasteiger partial charge in [-0.1, -0.05) is 49.4 Å². The van der Waals surface area contributed by atoms with Crippen molar-refractivity contribution in [2.75, 3.05) is 7.05 Å². The molecular weight excluding hydrogens is 352 g/mol. The van der Waals surface area contributed by atoms with Crippen LogP contribution in [0.25, 0.3) is 27.5 Å². The number of benzene rings is 4. The number of quaternary nitrogens is 1. The van der Waals surface area contributed by atoms with E-state index in [0.717, 1.165) is 6.42 Å². The SMILES string of the molecule is CCc1ccc2c(c1)c1cc([NH+](C)c3ccccc3)ccc1n2-c1ccccc1. The predicted octanol–water partition coefficient (Wildman–Crippen LogP) is 5.82. The first-order valence-corrected chi connectivity index (χ1v) is 10.3. The first-order valence-electron chi connectivity index (χ1n) is 10.3. The lowest BCUT2D eigenvalue weighted by molar-refractivity contribution is -0.735. The lowest BCUT2D eigenvalue weighted by Crippen LogP contribution is -2.98. The van der Waals surface area contributed by atoms with E-state index in [2.05, 4.69) is 116 Å². The molecule has 0 radical (unpaired) electrons. The average molecular weight is 378 g/mol. The van der Waals surface area contributed by atoms with Crippen LogP contribution >= 0.6 is 0 Å². The summed E-state index contributed by atoms with van der Waals surface area (Å²) in [7, 11) is 2.21. The predicted molar refractivity (Wildman–Crippen MR) is 123 cm³/mol. The Bertz CT molecular complexity index is 1280. The fraction of sp³-hybridized carbons (Fsp3) is 0.111. The summed E-state index contributed by atoms with van der Waals surface area (Å²) in [5.74, 6) is 0. The molecule has 0 aliphatic carbocycles. The number of fused-ring (bicyclic) bond motifs is 3. The van der Waals surface area contributed by atoms with Crippen LogP contribution in [0.1, 0.15) is 12.5 Å². The van der Waals surface area contributed by atoms with Gasteiger partial charge in [-0.2, -0.15) is 0 Å². The molecule has 0 fully saturated rings. The van der Waals surface area contributed by atoms with Gasteiger partial charge in [-0.05, 0) is 54.4 Å². The van der Waals surface area contributed by atoms with Gasteiger partial charge in [-0.3, -0.25) is 4.90 Å². The normalized spacial score (nSPS) is 12.5. The van der Waals surface area contributed by atoms with Crippen LogP contribution in [0.4, 0.5) is 11.4 Å². The summed E-state index contributed by atoms with van der Waals surface area (Å²) in [5.41, 5.74) is 7.64. The smallest absolute Gasteiger partial charge is 0.136 e. The Kier molecular flexibility index (Phi) is 4.42. The maximum Gasteiger partial charge on any atom is 0.136 e. The van der Waals surface area contributed by atoms with Crippen LogP contribution in [-0.2, 0) is 6.42 Å². The Hall–Kier alpha value is -3.36. The van der Waals surface area contributed by atoms with Gasteiger partial charge in [0.25, 0.3) is 0 Å².